The Morgan fingerprint density at radius 3 is 2.57 bits per heavy atom. The Balaban J connectivity index is 2.83. The lowest BCUT2D eigenvalue weighted by molar-refractivity contribution is -0.134. The molecule has 0 heterocycles. The van der Waals surface area contributed by atoms with Crippen LogP contribution in [-0.4, -0.2) is 13.1 Å². The topological polar surface area (TPSA) is 26.3 Å². The molecule has 0 aliphatic heterocycles. The molecule has 74 valence electrons. The average molecular weight is 190 g/mol. The zero-order valence-electron chi connectivity index (χ0n) is 8.70. The molecule has 2 nitrogen and oxygen atoms in total. The minimum Gasteiger partial charge on any atom is -0.466 e. The third kappa shape index (κ3) is 2.73. The van der Waals surface area contributed by atoms with Crippen LogP contribution in [0.15, 0.2) is 24.3 Å². The van der Waals surface area contributed by atoms with Crippen LogP contribution >= 0.6 is 0 Å². The molecular formula is C12H14O2. The molecule has 0 unspecified atom stereocenters. The zero-order chi connectivity index (χ0) is 10.6. The Hall–Kier alpha value is -1.57. The summed E-state index contributed by atoms with van der Waals surface area (Å²) in [5.74, 6) is -0.330. The highest BCUT2D eigenvalue weighted by Crippen LogP contribution is 2.10. The van der Waals surface area contributed by atoms with E-state index >= 15 is 0 Å². The molecular weight excluding hydrogens is 176 g/mol. The van der Waals surface area contributed by atoms with Crippen molar-refractivity contribution in [2.75, 3.05) is 7.11 Å². The van der Waals surface area contributed by atoms with Gasteiger partial charge in [-0.05, 0) is 36.6 Å². The Labute approximate surface area is 84.2 Å². The van der Waals surface area contributed by atoms with E-state index in [0.717, 1.165) is 5.56 Å². The second-order valence-corrected chi connectivity index (χ2v) is 3.20. The van der Waals surface area contributed by atoms with Crippen LogP contribution in [0.1, 0.15) is 16.7 Å². The fourth-order valence-electron chi connectivity index (χ4n) is 1.10. The molecule has 0 spiro atoms. The first-order chi connectivity index (χ1) is 6.63. The first-order valence-corrected chi connectivity index (χ1v) is 4.47. The van der Waals surface area contributed by atoms with E-state index in [9.17, 15) is 4.79 Å². The number of aryl methyl sites for hydroxylation is 2. The van der Waals surface area contributed by atoms with Crippen molar-refractivity contribution in [3.05, 3.63) is 41.0 Å². The van der Waals surface area contributed by atoms with Crippen LogP contribution < -0.4 is 0 Å². The second kappa shape index (κ2) is 4.61. The Kier molecular flexibility index (Phi) is 3.46. The summed E-state index contributed by atoms with van der Waals surface area (Å²) >= 11 is 0. The fourth-order valence-corrected chi connectivity index (χ4v) is 1.10. The van der Waals surface area contributed by atoms with Gasteiger partial charge < -0.3 is 4.74 Å². The maximum absolute atomic E-state index is 10.8. The fraction of sp³-hybridized carbons (Fsp3) is 0.250. The van der Waals surface area contributed by atoms with E-state index in [1.54, 1.807) is 6.08 Å². The van der Waals surface area contributed by atoms with Crippen molar-refractivity contribution in [1.29, 1.82) is 0 Å². The number of carbonyl (C=O) groups excluding carboxylic acids is 1. The number of carbonyl (C=O) groups is 1. The van der Waals surface area contributed by atoms with Gasteiger partial charge >= 0.3 is 5.97 Å². The summed E-state index contributed by atoms with van der Waals surface area (Å²) in [5.41, 5.74) is 3.48. The molecule has 0 N–H and O–H groups in total. The predicted octanol–water partition coefficient (Wildman–Crippen LogP) is 2.49. The average Bonchev–Trinajstić information content (AvgIpc) is 2.19. The molecule has 1 rings (SSSR count). The molecule has 0 bridgehead atoms. The molecule has 1 aromatic carbocycles. The van der Waals surface area contributed by atoms with Gasteiger partial charge in [0.1, 0.15) is 0 Å². The highest BCUT2D eigenvalue weighted by Gasteiger charge is 1.94. The normalized spacial score (nSPS) is 10.5. The van der Waals surface area contributed by atoms with Crippen molar-refractivity contribution in [3.8, 4) is 0 Å². The maximum Gasteiger partial charge on any atom is 0.330 e. The summed E-state index contributed by atoms with van der Waals surface area (Å²) in [7, 11) is 1.37. The number of esters is 1. The summed E-state index contributed by atoms with van der Waals surface area (Å²) in [4.78, 5) is 10.8. The van der Waals surface area contributed by atoms with Gasteiger partial charge in [0, 0.05) is 6.08 Å². The zero-order valence-corrected chi connectivity index (χ0v) is 8.70. The monoisotopic (exact) mass is 190 g/mol. The molecule has 0 saturated heterocycles. The van der Waals surface area contributed by atoms with Gasteiger partial charge in [-0.1, -0.05) is 18.2 Å². The number of hydrogen-bond donors (Lipinski definition) is 0. The minimum absolute atomic E-state index is 0.330. The van der Waals surface area contributed by atoms with Crippen LogP contribution in [0.25, 0.3) is 6.08 Å². The van der Waals surface area contributed by atoms with Crippen LogP contribution in [0.3, 0.4) is 0 Å². The van der Waals surface area contributed by atoms with E-state index in [1.807, 2.05) is 25.1 Å². The van der Waals surface area contributed by atoms with Crippen LogP contribution in [0.2, 0.25) is 0 Å². The van der Waals surface area contributed by atoms with E-state index in [0.29, 0.717) is 0 Å². The van der Waals surface area contributed by atoms with Gasteiger partial charge in [0.05, 0.1) is 7.11 Å². The van der Waals surface area contributed by atoms with Gasteiger partial charge in [-0.25, -0.2) is 4.79 Å². The van der Waals surface area contributed by atoms with Crippen molar-refractivity contribution < 1.29 is 9.53 Å². The maximum atomic E-state index is 10.8. The Morgan fingerprint density at radius 1 is 1.29 bits per heavy atom. The van der Waals surface area contributed by atoms with E-state index in [2.05, 4.69) is 11.7 Å². The van der Waals surface area contributed by atoms with E-state index in [4.69, 9.17) is 0 Å². The molecule has 0 saturated carbocycles. The second-order valence-electron chi connectivity index (χ2n) is 3.20. The van der Waals surface area contributed by atoms with Gasteiger partial charge in [-0.3, -0.25) is 0 Å². The number of ether oxygens (including phenoxy) is 1. The Morgan fingerprint density at radius 2 is 2.00 bits per heavy atom. The third-order valence-corrected chi connectivity index (χ3v) is 2.14. The molecule has 0 aliphatic rings. The van der Waals surface area contributed by atoms with Crippen LogP contribution in [0.4, 0.5) is 0 Å². The van der Waals surface area contributed by atoms with Gasteiger partial charge in [0.2, 0.25) is 0 Å². The molecule has 0 atom stereocenters. The lowest BCUT2D eigenvalue weighted by atomic mass is 10.1. The summed E-state index contributed by atoms with van der Waals surface area (Å²) in [6.07, 6.45) is 3.17. The first-order valence-electron chi connectivity index (χ1n) is 4.47. The molecule has 1 aromatic rings. The van der Waals surface area contributed by atoms with E-state index in [-0.39, 0.29) is 5.97 Å². The third-order valence-electron chi connectivity index (χ3n) is 2.14. The van der Waals surface area contributed by atoms with Crippen LogP contribution in [0.5, 0.6) is 0 Å². The smallest absolute Gasteiger partial charge is 0.330 e. The van der Waals surface area contributed by atoms with Crippen molar-refractivity contribution in [2.24, 2.45) is 0 Å². The van der Waals surface area contributed by atoms with Gasteiger partial charge in [-0.2, -0.15) is 0 Å². The molecule has 0 fully saturated rings. The highest BCUT2D eigenvalue weighted by atomic mass is 16.5. The van der Waals surface area contributed by atoms with Crippen LogP contribution in [-0.2, 0) is 9.53 Å². The summed E-state index contributed by atoms with van der Waals surface area (Å²) < 4.78 is 4.50. The molecule has 14 heavy (non-hydrogen) atoms. The number of benzene rings is 1. The SMILES string of the molecule is COC(=O)/C=C/c1ccc(C)c(C)c1. The molecule has 0 aliphatic carbocycles. The summed E-state index contributed by atoms with van der Waals surface area (Å²) in [6.45, 7) is 4.11. The van der Waals surface area contributed by atoms with Crippen LogP contribution in [0, 0.1) is 13.8 Å². The van der Waals surface area contributed by atoms with Gasteiger partial charge in [0.25, 0.3) is 0 Å². The molecule has 0 radical (unpaired) electrons. The van der Waals surface area contributed by atoms with E-state index in [1.165, 1.54) is 24.3 Å². The lowest BCUT2D eigenvalue weighted by Crippen LogP contribution is -1.93. The summed E-state index contributed by atoms with van der Waals surface area (Å²) in [5, 5.41) is 0. The standard InChI is InChI=1S/C12H14O2/c1-9-4-5-11(8-10(9)2)6-7-12(13)14-3/h4-8H,1-3H3/b7-6+. The molecule has 0 aromatic heterocycles. The first kappa shape index (κ1) is 10.5. The predicted molar refractivity (Wildman–Crippen MR) is 57.0 cm³/mol. The quantitative estimate of drug-likeness (QED) is 0.529. The lowest BCUT2D eigenvalue weighted by Gasteiger charge is -2.00. The van der Waals surface area contributed by atoms with Crippen molar-refractivity contribution in [2.45, 2.75) is 13.8 Å². The van der Waals surface area contributed by atoms with Gasteiger partial charge in [0.15, 0.2) is 0 Å². The van der Waals surface area contributed by atoms with E-state index < -0.39 is 0 Å². The van der Waals surface area contributed by atoms with Gasteiger partial charge in [-0.15, -0.1) is 0 Å². The van der Waals surface area contributed by atoms with Crippen molar-refractivity contribution in [3.63, 3.8) is 0 Å². The van der Waals surface area contributed by atoms with Crippen molar-refractivity contribution in [1.82, 2.24) is 0 Å². The summed E-state index contributed by atoms with van der Waals surface area (Å²) in [6, 6.07) is 6.04. The number of hydrogen-bond acceptors (Lipinski definition) is 2. The molecule has 2 heteroatoms. The number of rotatable bonds is 2. The Bertz CT molecular complexity index is 365. The highest BCUT2D eigenvalue weighted by molar-refractivity contribution is 5.86. The minimum atomic E-state index is -0.330. The number of methoxy groups -OCH3 is 1. The largest absolute Gasteiger partial charge is 0.466 e. The molecule has 0 amide bonds. The van der Waals surface area contributed by atoms with Crippen molar-refractivity contribution >= 4 is 12.0 Å².